The molecule has 0 bridgehead atoms. The fourth-order valence-electron chi connectivity index (χ4n) is 5.48. The Hall–Kier alpha value is -2.81. The van der Waals surface area contributed by atoms with Crippen LogP contribution >= 0.6 is 0 Å². The summed E-state index contributed by atoms with van der Waals surface area (Å²) in [6.07, 6.45) is 14.4. The lowest BCUT2D eigenvalue weighted by Crippen LogP contribution is -2.15. The van der Waals surface area contributed by atoms with Crippen molar-refractivity contribution in [3.63, 3.8) is 0 Å². The van der Waals surface area contributed by atoms with Gasteiger partial charge in [-0.05, 0) is 78.5 Å². The van der Waals surface area contributed by atoms with Crippen molar-refractivity contribution in [1.82, 2.24) is 0 Å². The van der Waals surface area contributed by atoms with Crippen LogP contribution in [0.1, 0.15) is 62.5 Å². The number of fused-ring (bicyclic) bond motifs is 1. The lowest BCUT2D eigenvalue weighted by molar-refractivity contribution is 0.254. The molecule has 1 saturated carbocycles. The van der Waals surface area contributed by atoms with E-state index in [0.29, 0.717) is 29.4 Å². The average Bonchev–Trinajstić information content (AvgIpc) is 2.88. The Kier molecular flexibility index (Phi) is 8.49. The first-order chi connectivity index (χ1) is 17.0. The van der Waals surface area contributed by atoms with Gasteiger partial charge in [0.25, 0.3) is 0 Å². The van der Waals surface area contributed by atoms with Crippen LogP contribution in [0.25, 0.3) is 21.9 Å². The minimum atomic E-state index is -1.11. The van der Waals surface area contributed by atoms with Crippen molar-refractivity contribution in [2.45, 2.75) is 64.2 Å². The van der Waals surface area contributed by atoms with Gasteiger partial charge in [-0.1, -0.05) is 74.2 Å². The van der Waals surface area contributed by atoms with Gasteiger partial charge in [0.2, 0.25) is 0 Å². The van der Waals surface area contributed by atoms with Crippen molar-refractivity contribution in [2.24, 2.45) is 11.8 Å². The van der Waals surface area contributed by atoms with Crippen LogP contribution in [-0.4, -0.2) is 0 Å². The van der Waals surface area contributed by atoms with Crippen molar-refractivity contribution < 1.29 is 13.2 Å². The van der Waals surface area contributed by atoms with Crippen molar-refractivity contribution in [2.75, 3.05) is 0 Å². The molecule has 0 N–H and O–H groups in total. The number of aryl methyl sites for hydroxylation is 2. The third kappa shape index (κ3) is 5.89. The summed E-state index contributed by atoms with van der Waals surface area (Å²) >= 11 is 0. The number of rotatable bonds is 10. The fraction of sp³-hybridized carbons (Fsp3) is 0.375. The van der Waals surface area contributed by atoms with E-state index in [9.17, 15) is 8.78 Å². The molecule has 0 nitrogen and oxygen atoms in total. The van der Waals surface area contributed by atoms with Gasteiger partial charge in [0.1, 0.15) is 5.82 Å². The van der Waals surface area contributed by atoms with Crippen LogP contribution in [0.3, 0.4) is 0 Å². The van der Waals surface area contributed by atoms with Crippen LogP contribution in [0.4, 0.5) is 13.2 Å². The van der Waals surface area contributed by atoms with Crippen LogP contribution in [0.15, 0.2) is 67.8 Å². The number of allylic oxidation sites excluding steroid dienone is 2. The largest absolute Gasteiger partial charge is 0.206 e. The molecule has 0 heterocycles. The Bertz CT molecular complexity index is 1170. The predicted molar refractivity (Wildman–Crippen MR) is 141 cm³/mol. The summed E-state index contributed by atoms with van der Waals surface area (Å²) in [4.78, 5) is 0. The SMILES string of the molecule is C=CCCc1cc2ccc(-c3ccc(CCC4CCC(CCC=C)CC4)cc3)c(F)c2c(F)c1F. The molecule has 0 unspecified atom stereocenters. The molecule has 0 aromatic heterocycles. The Labute approximate surface area is 207 Å². The molecule has 1 aliphatic carbocycles. The monoisotopic (exact) mass is 476 g/mol. The first kappa shape index (κ1) is 25.3. The van der Waals surface area contributed by atoms with E-state index in [2.05, 4.69) is 13.2 Å². The van der Waals surface area contributed by atoms with Crippen molar-refractivity contribution in [3.05, 3.63) is 96.4 Å². The zero-order chi connectivity index (χ0) is 24.8. The van der Waals surface area contributed by atoms with Gasteiger partial charge in [-0.15, -0.1) is 13.2 Å². The molecule has 184 valence electrons. The van der Waals surface area contributed by atoms with Gasteiger partial charge in [0, 0.05) is 5.56 Å². The number of hydrogen-bond donors (Lipinski definition) is 0. The van der Waals surface area contributed by atoms with Crippen molar-refractivity contribution >= 4 is 10.8 Å². The smallest absolute Gasteiger partial charge is 0.169 e. The first-order valence-electron chi connectivity index (χ1n) is 12.9. The van der Waals surface area contributed by atoms with Gasteiger partial charge in [-0.2, -0.15) is 0 Å². The lowest BCUT2D eigenvalue weighted by Gasteiger charge is -2.28. The van der Waals surface area contributed by atoms with Gasteiger partial charge in [0.15, 0.2) is 11.6 Å². The molecule has 3 aromatic carbocycles. The van der Waals surface area contributed by atoms with E-state index in [1.807, 2.05) is 30.3 Å². The molecule has 0 spiro atoms. The van der Waals surface area contributed by atoms with Gasteiger partial charge in [-0.25, -0.2) is 13.2 Å². The zero-order valence-electron chi connectivity index (χ0n) is 20.5. The van der Waals surface area contributed by atoms with Gasteiger partial charge in [-0.3, -0.25) is 0 Å². The van der Waals surface area contributed by atoms with E-state index >= 15 is 4.39 Å². The molecule has 3 aromatic rings. The first-order valence-corrected chi connectivity index (χ1v) is 12.9. The molecule has 0 aliphatic heterocycles. The third-order valence-electron chi connectivity index (χ3n) is 7.67. The van der Waals surface area contributed by atoms with Crippen molar-refractivity contribution in [1.29, 1.82) is 0 Å². The summed E-state index contributed by atoms with van der Waals surface area (Å²) in [5.41, 5.74) is 2.44. The van der Waals surface area contributed by atoms with E-state index in [0.717, 1.165) is 24.7 Å². The number of benzene rings is 3. The normalized spacial score (nSPS) is 18.0. The summed E-state index contributed by atoms with van der Waals surface area (Å²) < 4.78 is 44.7. The fourth-order valence-corrected chi connectivity index (χ4v) is 5.48. The quantitative estimate of drug-likeness (QED) is 0.255. The molecule has 0 amide bonds. The second-order valence-electron chi connectivity index (χ2n) is 10.0. The average molecular weight is 477 g/mol. The summed E-state index contributed by atoms with van der Waals surface area (Å²) in [7, 11) is 0. The van der Waals surface area contributed by atoms with Crippen LogP contribution < -0.4 is 0 Å². The maximum atomic E-state index is 15.4. The van der Waals surface area contributed by atoms with Gasteiger partial charge in [0.05, 0.1) is 5.39 Å². The maximum Gasteiger partial charge on any atom is 0.169 e. The van der Waals surface area contributed by atoms with E-state index < -0.39 is 17.5 Å². The number of hydrogen-bond acceptors (Lipinski definition) is 0. The second kappa shape index (κ2) is 11.7. The topological polar surface area (TPSA) is 0 Å². The number of halogens is 3. The summed E-state index contributed by atoms with van der Waals surface area (Å²) in [6, 6.07) is 12.7. The molecule has 1 fully saturated rings. The van der Waals surface area contributed by atoms with Gasteiger partial charge >= 0.3 is 0 Å². The van der Waals surface area contributed by atoms with Crippen LogP contribution in [0.5, 0.6) is 0 Å². The van der Waals surface area contributed by atoms with E-state index in [1.165, 1.54) is 44.1 Å². The minimum Gasteiger partial charge on any atom is -0.206 e. The standard InChI is InChI=1S/C32H35F3/c1-3-5-7-22-9-11-23(12-10-22)13-14-24-15-17-25(18-16-24)28-20-19-26-21-27(8-6-4-2)30(33)32(35)29(26)31(28)34/h3-4,15-23H,1-2,5-14H2. The van der Waals surface area contributed by atoms with E-state index in [-0.39, 0.29) is 10.9 Å². The highest BCUT2D eigenvalue weighted by molar-refractivity contribution is 5.89. The minimum absolute atomic E-state index is 0.247. The summed E-state index contributed by atoms with van der Waals surface area (Å²) in [5.74, 6) is -1.16. The Morgan fingerprint density at radius 3 is 2.03 bits per heavy atom. The van der Waals surface area contributed by atoms with Crippen LogP contribution in [0.2, 0.25) is 0 Å². The second-order valence-corrected chi connectivity index (χ2v) is 10.0. The molecule has 3 heteroatoms. The highest BCUT2D eigenvalue weighted by atomic mass is 19.2. The molecule has 4 rings (SSSR count). The van der Waals surface area contributed by atoms with Crippen LogP contribution in [0, 0.1) is 29.3 Å². The Balaban J connectivity index is 1.44. The zero-order valence-corrected chi connectivity index (χ0v) is 20.5. The van der Waals surface area contributed by atoms with Crippen molar-refractivity contribution in [3.8, 4) is 11.1 Å². The molecule has 35 heavy (non-hydrogen) atoms. The van der Waals surface area contributed by atoms with E-state index in [4.69, 9.17) is 0 Å². The molecule has 1 aliphatic rings. The van der Waals surface area contributed by atoms with Gasteiger partial charge < -0.3 is 0 Å². The Morgan fingerprint density at radius 2 is 1.37 bits per heavy atom. The highest BCUT2D eigenvalue weighted by Crippen LogP contribution is 2.35. The molecular weight excluding hydrogens is 441 g/mol. The van der Waals surface area contributed by atoms with E-state index in [1.54, 1.807) is 24.3 Å². The molecular formula is C32H35F3. The predicted octanol–water partition coefficient (Wildman–Crippen LogP) is 9.75. The molecule has 0 atom stereocenters. The highest BCUT2D eigenvalue weighted by Gasteiger charge is 2.21. The summed E-state index contributed by atoms with van der Waals surface area (Å²) in [6.45, 7) is 7.45. The maximum absolute atomic E-state index is 15.4. The molecule has 0 radical (unpaired) electrons. The Morgan fingerprint density at radius 1 is 0.714 bits per heavy atom. The van der Waals surface area contributed by atoms with Crippen LogP contribution in [-0.2, 0) is 12.8 Å². The third-order valence-corrected chi connectivity index (χ3v) is 7.67. The molecule has 0 saturated heterocycles. The lowest BCUT2D eigenvalue weighted by atomic mass is 9.78. The summed E-state index contributed by atoms with van der Waals surface area (Å²) in [5, 5.41) is 0.0927.